The molecule has 0 aliphatic carbocycles. The van der Waals surface area contributed by atoms with Crippen LogP contribution < -0.4 is 0 Å². The summed E-state index contributed by atoms with van der Waals surface area (Å²) in [7, 11) is 0. The fraction of sp³-hybridized carbons (Fsp3) is 0.357. The third-order valence-corrected chi connectivity index (χ3v) is 2.50. The van der Waals surface area contributed by atoms with Crippen LogP contribution >= 0.6 is 0 Å². The van der Waals surface area contributed by atoms with Crippen molar-refractivity contribution in [1.29, 1.82) is 0 Å². The Balaban J connectivity index is 2.96. The van der Waals surface area contributed by atoms with E-state index in [-0.39, 0.29) is 12.1 Å². The van der Waals surface area contributed by atoms with E-state index >= 15 is 0 Å². The van der Waals surface area contributed by atoms with Crippen LogP contribution in [0.15, 0.2) is 12.1 Å². The van der Waals surface area contributed by atoms with Crippen molar-refractivity contribution in [2.24, 2.45) is 0 Å². The molecule has 0 atom stereocenters. The molecule has 5 nitrogen and oxygen atoms in total. The summed E-state index contributed by atoms with van der Waals surface area (Å²) in [5.41, 5.74) is 2.03. The molecule has 19 heavy (non-hydrogen) atoms. The van der Waals surface area contributed by atoms with E-state index in [0.29, 0.717) is 17.7 Å². The van der Waals surface area contributed by atoms with Crippen LogP contribution in [0.25, 0.3) is 0 Å². The van der Waals surface area contributed by atoms with Crippen molar-refractivity contribution in [3.05, 3.63) is 38.9 Å². The number of ether oxygens (including phenoxy) is 1. The van der Waals surface area contributed by atoms with Gasteiger partial charge in [0.05, 0.1) is 11.5 Å². The molecule has 0 fully saturated rings. The molecule has 0 saturated carbocycles. The van der Waals surface area contributed by atoms with E-state index in [9.17, 15) is 14.9 Å². The van der Waals surface area contributed by atoms with E-state index in [1.807, 2.05) is 6.92 Å². The molecule has 100 valence electrons. The maximum atomic E-state index is 11.1. The highest BCUT2D eigenvalue weighted by Gasteiger charge is 2.12. The van der Waals surface area contributed by atoms with Crippen molar-refractivity contribution < 1.29 is 14.5 Å². The highest BCUT2D eigenvalue weighted by atomic mass is 16.6. The largest absolute Gasteiger partial charge is 0.465 e. The van der Waals surface area contributed by atoms with E-state index in [4.69, 9.17) is 4.74 Å². The fourth-order valence-corrected chi connectivity index (χ4v) is 1.60. The number of carbonyl (C=O) groups is 1. The zero-order valence-electron chi connectivity index (χ0n) is 11.1. The number of hydrogen-bond acceptors (Lipinski definition) is 4. The zero-order valence-corrected chi connectivity index (χ0v) is 11.1. The molecule has 1 aromatic carbocycles. The van der Waals surface area contributed by atoms with Crippen molar-refractivity contribution in [2.45, 2.75) is 27.2 Å². The quantitative estimate of drug-likeness (QED) is 0.363. The molecule has 0 aliphatic heterocycles. The second kappa shape index (κ2) is 6.55. The van der Waals surface area contributed by atoms with Gasteiger partial charge in [0, 0.05) is 17.2 Å². The predicted octanol–water partition coefficient (Wildman–Crippen LogP) is 2.52. The number of nitrogens with zero attached hydrogens (tertiary/aromatic N) is 1. The van der Waals surface area contributed by atoms with Crippen LogP contribution in [-0.4, -0.2) is 17.5 Å². The minimum absolute atomic E-state index is 0.0189. The lowest BCUT2D eigenvalue weighted by Gasteiger charge is -2.02. The average molecular weight is 261 g/mol. The molecule has 5 heteroatoms. The summed E-state index contributed by atoms with van der Waals surface area (Å²) in [5, 5.41) is 10.8. The van der Waals surface area contributed by atoms with E-state index in [1.54, 1.807) is 19.9 Å². The Morgan fingerprint density at radius 2 is 2.05 bits per heavy atom. The first-order valence-electron chi connectivity index (χ1n) is 5.85. The number of esters is 1. The third kappa shape index (κ3) is 4.11. The maximum Gasteiger partial charge on any atom is 0.317 e. The molecule has 0 radical (unpaired) electrons. The zero-order chi connectivity index (χ0) is 14.4. The van der Waals surface area contributed by atoms with Crippen LogP contribution in [0.2, 0.25) is 0 Å². The van der Waals surface area contributed by atoms with Crippen molar-refractivity contribution >= 4 is 11.7 Å². The van der Waals surface area contributed by atoms with Gasteiger partial charge in [-0.1, -0.05) is 11.8 Å². The predicted molar refractivity (Wildman–Crippen MR) is 70.7 cm³/mol. The third-order valence-electron chi connectivity index (χ3n) is 2.50. The fourth-order valence-electron chi connectivity index (χ4n) is 1.60. The Bertz CT molecular complexity index is 567. The monoisotopic (exact) mass is 261 g/mol. The summed E-state index contributed by atoms with van der Waals surface area (Å²) in [5.74, 6) is 5.04. The summed E-state index contributed by atoms with van der Waals surface area (Å²) in [6, 6.07) is 3.15. The molecule has 0 amide bonds. The Morgan fingerprint density at radius 3 is 2.63 bits per heavy atom. The second-order valence-corrected chi connectivity index (χ2v) is 3.99. The second-order valence-electron chi connectivity index (χ2n) is 3.99. The molecule has 0 aromatic heterocycles. The number of hydrogen-bond donors (Lipinski definition) is 0. The number of carbonyl (C=O) groups excluding carboxylic acids is 1. The lowest BCUT2D eigenvalue weighted by Crippen LogP contribution is -2.01. The van der Waals surface area contributed by atoms with Crippen molar-refractivity contribution in [1.82, 2.24) is 0 Å². The highest BCUT2D eigenvalue weighted by Crippen LogP contribution is 2.21. The van der Waals surface area contributed by atoms with Crippen LogP contribution in [-0.2, 0) is 9.53 Å². The summed E-state index contributed by atoms with van der Waals surface area (Å²) >= 11 is 0. The Kier molecular flexibility index (Phi) is 5.07. The number of benzene rings is 1. The molecule has 0 bridgehead atoms. The van der Waals surface area contributed by atoms with Gasteiger partial charge >= 0.3 is 5.97 Å². The van der Waals surface area contributed by atoms with Crippen molar-refractivity contribution in [3.63, 3.8) is 0 Å². The number of aryl methyl sites for hydroxylation is 2. The Labute approximate surface area is 111 Å². The molecular formula is C14H15NO4. The van der Waals surface area contributed by atoms with Crippen molar-refractivity contribution in [2.75, 3.05) is 6.61 Å². The molecule has 0 aliphatic rings. The summed E-state index contributed by atoms with van der Waals surface area (Å²) in [4.78, 5) is 21.5. The molecule has 0 N–H and O–H groups in total. The van der Waals surface area contributed by atoms with Gasteiger partial charge in [-0.3, -0.25) is 14.9 Å². The van der Waals surface area contributed by atoms with Gasteiger partial charge in [-0.25, -0.2) is 0 Å². The van der Waals surface area contributed by atoms with E-state index in [2.05, 4.69) is 11.8 Å². The topological polar surface area (TPSA) is 69.4 Å². The van der Waals surface area contributed by atoms with Gasteiger partial charge in [-0.15, -0.1) is 0 Å². The van der Waals surface area contributed by atoms with Crippen LogP contribution in [0.3, 0.4) is 0 Å². The highest BCUT2D eigenvalue weighted by molar-refractivity contribution is 5.72. The first kappa shape index (κ1) is 14.7. The first-order valence-corrected chi connectivity index (χ1v) is 5.85. The van der Waals surface area contributed by atoms with Crippen LogP contribution in [0.5, 0.6) is 0 Å². The molecular weight excluding hydrogens is 246 g/mol. The van der Waals surface area contributed by atoms with Gasteiger partial charge in [0.1, 0.15) is 6.42 Å². The van der Waals surface area contributed by atoms with Gasteiger partial charge in [0.15, 0.2) is 0 Å². The Hall–Kier alpha value is -2.35. The molecule has 0 spiro atoms. The molecule has 0 heterocycles. The maximum absolute atomic E-state index is 11.1. The standard InChI is InChI=1S/C14H15NO4/c1-4-19-14(16)7-5-6-12-9-13(15(17)18)11(3)8-10(12)2/h8-9H,4,7H2,1-3H3. The number of rotatable bonds is 3. The summed E-state index contributed by atoms with van der Waals surface area (Å²) in [6.07, 6.45) is -0.0189. The van der Waals surface area contributed by atoms with Gasteiger partial charge in [0.25, 0.3) is 5.69 Å². The SMILES string of the molecule is CCOC(=O)CC#Cc1cc([N+](=O)[O-])c(C)cc1C. The smallest absolute Gasteiger partial charge is 0.317 e. The van der Waals surface area contributed by atoms with Crippen molar-refractivity contribution in [3.8, 4) is 11.8 Å². The van der Waals surface area contributed by atoms with Gasteiger partial charge in [0.2, 0.25) is 0 Å². The van der Waals surface area contributed by atoms with Gasteiger partial charge < -0.3 is 4.74 Å². The normalized spacial score (nSPS) is 9.42. The summed E-state index contributed by atoms with van der Waals surface area (Å²) in [6.45, 7) is 5.54. The molecule has 1 rings (SSSR count). The van der Waals surface area contributed by atoms with Gasteiger partial charge in [-0.2, -0.15) is 0 Å². The Morgan fingerprint density at radius 1 is 1.37 bits per heavy atom. The van der Waals surface area contributed by atoms with Crippen LogP contribution in [0, 0.1) is 35.8 Å². The number of nitro groups is 1. The molecule has 0 unspecified atom stereocenters. The molecule has 1 aromatic rings. The summed E-state index contributed by atoms with van der Waals surface area (Å²) < 4.78 is 4.74. The van der Waals surface area contributed by atoms with E-state index < -0.39 is 10.9 Å². The minimum atomic E-state index is -0.439. The lowest BCUT2D eigenvalue weighted by atomic mass is 10.0. The average Bonchev–Trinajstić information content (AvgIpc) is 2.31. The van der Waals surface area contributed by atoms with Crippen LogP contribution in [0.4, 0.5) is 5.69 Å². The first-order chi connectivity index (χ1) is 8.95. The lowest BCUT2D eigenvalue weighted by molar-refractivity contribution is -0.385. The molecule has 0 saturated heterocycles. The van der Waals surface area contributed by atoms with E-state index in [0.717, 1.165) is 5.56 Å². The van der Waals surface area contributed by atoms with Gasteiger partial charge in [-0.05, 0) is 32.4 Å². The van der Waals surface area contributed by atoms with Crippen LogP contribution in [0.1, 0.15) is 30.0 Å². The minimum Gasteiger partial charge on any atom is -0.465 e. The van der Waals surface area contributed by atoms with E-state index in [1.165, 1.54) is 6.07 Å². The number of nitro benzene ring substituents is 1.